The van der Waals surface area contributed by atoms with Crippen molar-refractivity contribution in [2.24, 2.45) is 0 Å². The Morgan fingerprint density at radius 3 is 2.94 bits per heavy atom. The molecule has 8 heteroatoms. The van der Waals surface area contributed by atoms with Gasteiger partial charge in [0.1, 0.15) is 5.69 Å². The summed E-state index contributed by atoms with van der Waals surface area (Å²) in [5.74, 6) is -0.805. The van der Waals surface area contributed by atoms with Crippen molar-refractivity contribution in [1.29, 1.82) is 0 Å². The summed E-state index contributed by atoms with van der Waals surface area (Å²) in [4.78, 5) is 16.5. The number of halogens is 1. The van der Waals surface area contributed by atoms with Crippen LogP contribution in [0, 0.1) is 10.1 Å². The van der Waals surface area contributed by atoms with E-state index in [0.717, 1.165) is 0 Å². The molecule has 0 bridgehead atoms. The number of H-pyrrole nitrogens is 1. The van der Waals surface area contributed by atoms with Gasteiger partial charge in [0.05, 0.1) is 12.7 Å². The number of nitrogens with zero attached hydrogens (tertiary/aromatic N) is 2. The fourth-order valence-corrected chi connectivity index (χ4v) is 2.10. The minimum absolute atomic E-state index is 0.0284. The Bertz CT molecular complexity index is 460. The molecule has 0 aromatic carbocycles. The third kappa shape index (κ3) is 2.98. The van der Waals surface area contributed by atoms with Gasteiger partial charge in [-0.05, 0) is 48.2 Å². The molecule has 1 atom stereocenters. The van der Waals surface area contributed by atoms with Crippen molar-refractivity contribution in [2.45, 2.75) is 38.6 Å². The first kappa shape index (κ1) is 13.3. The van der Waals surface area contributed by atoms with Gasteiger partial charge in [0.2, 0.25) is 0 Å². The van der Waals surface area contributed by atoms with Crippen LogP contribution in [0.4, 0.5) is 5.82 Å². The van der Waals surface area contributed by atoms with Gasteiger partial charge in [-0.15, -0.1) is 0 Å². The van der Waals surface area contributed by atoms with Gasteiger partial charge < -0.3 is 24.6 Å². The average molecular weight is 276 g/mol. The van der Waals surface area contributed by atoms with Crippen LogP contribution in [0.5, 0.6) is 0 Å². The minimum atomic E-state index is -0.581. The number of nitrogens with one attached hydrogen (secondary N) is 1. The van der Waals surface area contributed by atoms with E-state index in [1.54, 1.807) is 0 Å². The number of aromatic amines is 1. The SMILES string of the molecule is CC1(C)OCC(CCc2[nH]c(Cl)nc2[N+](=O)[O-])O1. The normalized spacial score (nSPS) is 22.3. The molecule has 2 heterocycles. The highest BCUT2D eigenvalue weighted by Crippen LogP contribution is 2.26. The van der Waals surface area contributed by atoms with E-state index in [1.807, 2.05) is 13.8 Å². The molecule has 7 nitrogen and oxygen atoms in total. The van der Waals surface area contributed by atoms with Crippen LogP contribution in [-0.2, 0) is 15.9 Å². The van der Waals surface area contributed by atoms with Gasteiger partial charge in [0, 0.05) is 0 Å². The molecule has 1 N–H and O–H groups in total. The molecule has 1 aliphatic rings. The van der Waals surface area contributed by atoms with Crippen LogP contribution in [0.15, 0.2) is 0 Å². The van der Waals surface area contributed by atoms with Crippen molar-refractivity contribution in [3.8, 4) is 0 Å². The van der Waals surface area contributed by atoms with Gasteiger partial charge in [0.25, 0.3) is 0 Å². The lowest BCUT2D eigenvalue weighted by molar-refractivity contribution is -0.390. The van der Waals surface area contributed by atoms with Crippen molar-refractivity contribution in [3.05, 3.63) is 21.1 Å². The topological polar surface area (TPSA) is 90.3 Å². The first-order valence-corrected chi connectivity index (χ1v) is 5.96. The highest BCUT2D eigenvalue weighted by atomic mass is 35.5. The maximum atomic E-state index is 10.7. The van der Waals surface area contributed by atoms with Gasteiger partial charge in [-0.25, -0.2) is 0 Å². The number of aryl methyl sites for hydroxylation is 1. The van der Waals surface area contributed by atoms with Gasteiger partial charge in [-0.1, -0.05) is 0 Å². The van der Waals surface area contributed by atoms with E-state index >= 15 is 0 Å². The summed E-state index contributed by atoms with van der Waals surface area (Å²) >= 11 is 5.62. The summed E-state index contributed by atoms with van der Waals surface area (Å²) in [6, 6.07) is 0. The van der Waals surface area contributed by atoms with Crippen LogP contribution in [-0.4, -0.2) is 33.4 Å². The predicted molar refractivity (Wildman–Crippen MR) is 63.5 cm³/mol. The standard InChI is InChI=1S/C10H14ClN3O4/c1-10(2)17-5-6(18-10)3-4-7-8(14(15)16)13-9(11)12-7/h6H,3-5H2,1-2H3,(H,12,13). The summed E-state index contributed by atoms with van der Waals surface area (Å²) in [5.41, 5.74) is 0.415. The Morgan fingerprint density at radius 2 is 2.39 bits per heavy atom. The van der Waals surface area contributed by atoms with Crippen LogP contribution < -0.4 is 0 Å². The van der Waals surface area contributed by atoms with Gasteiger partial charge in [-0.3, -0.25) is 0 Å². The molecule has 0 spiro atoms. The summed E-state index contributed by atoms with van der Waals surface area (Å²) in [6.07, 6.45) is 0.991. The van der Waals surface area contributed by atoms with E-state index in [1.165, 1.54) is 0 Å². The molecule has 1 aliphatic heterocycles. The second-order valence-corrected chi connectivity index (χ2v) is 4.93. The molecular formula is C10H14ClN3O4. The fraction of sp³-hybridized carbons (Fsp3) is 0.700. The quantitative estimate of drug-likeness (QED) is 0.671. The molecule has 1 fully saturated rings. The smallest absolute Gasteiger partial charge is 0.358 e. The second kappa shape index (κ2) is 4.83. The maximum absolute atomic E-state index is 10.7. The van der Waals surface area contributed by atoms with Crippen LogP contribution in [0.2, 0.25) is 5.28 Å². The first-order valence-electron chi connectivity index (χ1n) is 5.58. The zero-order valence-electron chi connectivity index (χ0n) is 10.1. The van der Waals surface area contributed by atoms with Crippen molar-refractivity contribution in [3.63, 3.8) is 0 Å². The van der Waals surface area contributed by atoms with Crippen LogP contribution in [0.25, 0.3) is 0 Å². The molecule has 1 unspecified atom stereocenters. The van der Waals surface area contributed by atoms with Crippen molar-refractivity contribution < 1.29 is 14.4 Å². The first-order chi connectivity index (χ1) is 8.37. The molecule has 0 aliphatic carbocycles. The monoisotopic (exact) mass is 275 g/mol. The molecule has 0 radical (unpaired) electrons. The van der Waals surface area contributed by atoms with Gasteiger partial charge in [-0.2, -0.15) is 0 Å². The van der Waals surface area contributed by atoms with Crippen LogP contribution >= 0.6 is 11.6 Å². The maximum Gasteiger partial charge on any atom is 0.386 e. The van der Waals surface area contributed by atoms with E-state index in [-0.39, 0.29) is 17.2 Å². The number of rotatable bonds is 4. The highest BCUT2D eigenvalue weighted by Gasteiger charge is 2.33. The number of hydrogen-bond donors (Lipinski definition) is 1. The van der Waals surface area contributed by atoms with Gasteiger partial charge in [0.15, 0.2) is 5.79 Å². The lowest BCUT2D eigenvalue weighted by atomic mass is 10.1. The lowest BCUT2D eigenvalue weighted by Crippen LogP contribution is -2.21. The number of aromatic nitrogens is 2. The summed E-state index contributed by atoms with van der Waals surface area (Å²) < 4.78 is 11.0. The zero-order chi connectivity index (χ0) is 13.3. The number of hydrogen-bond acceptors (Lipinski definition) is 5. The molecule has 18 heavy (non-hydrogen) atoms. The minimum Gasteiger partial charge on any atom is -0.358 e. The average Bonchev–Trinajstić information content (AvgIpc) is 2.78. The molecular weight excluding hydrogens is 262 g/mol. The second-order valence-electron chi connectivity index (χ2n) is 4.58. The van der Waals surface area contributed by atoms with Crippen molar-refractivity contribution in [1.82, 2.24) is 9.97 Å². The van der Waals surface area contributed by atoms with Crippen molar-refractivity contribution in [2.75, 3.05) is 6.61 Å². The third-order valence-electron chi connectivity index (χ3n) is 2.68. The number of imidazole rings is 1. The Morgan fingerprint density at radius 1 is 1.67 bits per heavy atom. The van der Waals surface area contributed by atoms with E-state index in [0.29, 0.717) is 25.1 Å². The van der Waals surface area contributed by atoms with E-state index in [9.17, 15) is 10.1 Å². The molecule has 1 aromatic rings. The molecule has 0 amide bonds. The summed E-state index contributed by atoms with van der Waals surface area (Å²) in [6.45, 7) is 4.16. The Balaban J connectivity index is 1.97. The molecule has 1 aromatic heterocycles. The van der Waals surface area contributed by atoms with Crippen LogP contribution in [0.3, 0.4) is 0 Å². The summed E-state index contributed by atoms with van der Waals surface area (Å²) in [5, 5.41) is 10.8. The lowest BCUT2D eigenvalue weighted by Gasteiger charge is -2.16. The highest BCUT2D eigenvalue weighted by molar-refractivity contribution is 6.28. The molecule has 0 saturated carbocycles. The van der Waals surface area contributed by atoms with E-state index in [2.05, 4.69) is 9.97 Å². The van der Waals surface area contributed by atoms with E-state index in [4.69, 9.17) is 21.1 Å². The molecule has 1 saturated heterocycles. The third-order valence-corrected chi connectivity index (χ3v) is 2.86. The molecule has 100 valence electrons. The molecule has 2 rings (SSSR count). The van der Waals surface area contributed by atoms with E-state index < -0.39 is 10.7 Å². The Kier molecular flexibility index (Phi) is 3.56. The Hall–Kier alpha value is -1.18. The summed E-state index contributed by atoms with van der Waals surface area (Å²) in [7, 11) is 0. The van der Waals surface area contributed by atoms with Gasteiger partial charge >= 0.3 is 11.1 Å². The van der Waals surface area contributed by atoms with Crippen LogP contribution in [0.1, 0.15) is 26.0 Å². The van der Waals surface area contributed by atoms with Crippen molar-refractivity contribution >= 4 is 17.4 Å². The number of ether oxygens (including phenoxy) is 2. The zero-order valence-corrected chi connectivity index (χ0v) is 10.9. The number of nitro groups is 1. The largest absolute Gasteiger partial charge is 0.386 e. The Labute approximate surface area is 109 Å². The predicted octanol–water partition coefficient (Wildman–Crippen LogP) is 2.06. The fourth-order valence-electron chi connectivity index (χ4n) is 1.90.